The molecular formula is C27H26F8N4O6S2. The van der Waals surface area contributed by atoms with Gasteiger partial charge in [-0.3, -0.25) is 9.59 Å². The molecule has 2 aromatic heterocycles. The molecule has 1 fully saturated rings. The molecule has 3 heterocycles. The van der Waals surface area contributed by atoms with Crippen LogP contribution in [0.4, 0.5) is 35.1 Å². The van der Waals surface area contributed by atoms with E-state index in [0.29, 0.717) is 30.4 Å². The number of carboxylic acid groups (broad SMARTS) is 1. The summed E-state index contributed by atoms with van der Waals surface area (Å²) >= 11 is 0.504. The summed E-state index contributed by atoms with van der Waals surface area (Å²) in [7, 11) is -5.34. The Morgan fingerprint density at radius 1 is 1.17 bits per heavy atom. The van der Waals surface area contributed by atoms with Crippen molar-refractivity contribution in [2.45, 2.75) is 69.5 Å². The molecule has 0 saturated carbocycles. The van der Waals surface area contributed by atoms with Crippen molar-refractivity contribution >= 4 is 33.2 Å². The Kier molecular flexibility index (Phi) is 9.82. The quantitative estimate of drug-likeness (QED) is 0.233. The Balaban J connectivity index is 1.85. The number of hydrogen-bond donors (Lipinski definition) is 2. The van der Waals surface area contributed by atoms with E-state index in [0.717, 1.165) is 4.90 Å². The van der Waals surface area contributed by atoms with Crippen LogP contribution in [0, 0.1) is 11.2 Å². The number of aliphatic carboxylic acids is 1. The van der Waals surface area contributed by atoms with E-state index in [1.165, 1.54) is 24.6 Å². The predicted octanol–water partition coefficient (Wildman–Crippen LogP) is 6.30. The molecule has 1 aromatic carbocycles. The van der Waals surface area contributed by atoms with Gasteiger partial charge in [-0.25, -0.2) is 35.4 Å². The number of carbonyl (C=O) groups excluding carboxylic acids is 1. The molecule has 4 rings (SSSR count). The first-order chi connectivity index (χ1) is 21.5. The van der Waals surface area contributed by atoms with E-state index in [2.05, 4.69) is 10.1 Å². The van der Waals surface area contributed by atoms with Crippen molar-refractivity contribution in [3.05, 3.63) is 41.0 Å². The highest BCUT2D eigenvalue weighted by Gasteiger charge is 2.41. The van der Waals surface area contributed by atoms with Crippen molar-refractivity contribution < 1.29 is 62.8 Å². The van der Waals surface area contributed by atoms with Crippen LogP contribution in [0.2, 0.25) is 0 Å². The lowest BCUT2D eigenvalue weighted by Crippen LogP contribution is -2.43. The number of thiazole rings is 1. The molecule has 1 saturated heterocycles. The van der Waals surface area contributed by atoms with E-state index in [4.69, 9.17) is 4.52 Å². The minimum atomic E-state index is -5.34. The lowest BCUT2D eigenvalue weighted by molar-refractivity contribution is -0.147. The summed E-state index contributed by atoms with van der Waals surface area (Å²) in [6.07, 6.45) is -10.4. The number of alkyl halides is 7. The number of rotatable bonds is 10. The Hall–Kier alpha value is -3.65. The molecule has 1 amide bonds. The fourth-order valence-electron chi connectivity index (χ4n) is 4.51. The van der Waals surface area contributed by atoms with E-state index < -0.39 is 110 Å². The lowest BCUT2D eigenvalue weighted by atomic mass is 9.88. The zero-order valence-electron chi connectivity index (χ0n) is 24.6. The zero-order chi connectivity index (χ0) is 35.3. The maximum absolute atomic E-state index is 15.6. The van der Waals surface area contributed by atoms with Crippen LogP contribution in [-0.4, -0.2) is 71.7 Å². The van der Waals surface area contributed by atoms with Crippen molar-refractivity contribution in [1.29, 1.82) is 0 Å². The first-order valence-electron chi connectivity index (χ1n) is 13.6. The van der Waals surface area contributed by atoms with E-state index in [1.54, 1.807) is 0 Å². The van der Waals surface area contributed by atoms with Crippen LogP contribution >= 0.6 is 11.3 Å². The molecule has 0 aliphatic carbocycles. The van der Waals surface area contributed by atoms with Crippen molar-refractivity contribution in [2.24, 2.45) is 5.41 Å². The number of carbonyl (C=O) groups is 2. The average molecular weight is 719 g/mol. The smallest absolute Gasteiger partial charge is 0.404 e. The van der Waals surface area contributed by atoms with E-state index >= 15 is 4.39 Å². The van der Waals surface area contributed by atoms with Crippen LogP contribution in [0.1, 0.15) is 61.9 Å². The number of likely N-dealkylation sites (tertiary alicyclic amines) is 1. The first-order valence-corrected chi connectivity index (χ1v) is 15.9. The molecule has 47 heavy (non-hydrogen) atoms. The van der Waals surface area contributed by atoms with Crippen LogP contribution in [0.5, 0.6) is 0 Å². The molecule has 258 valence electrons. The maximum atomic E-state index is 15.6. The van der Waals surface area contributed by atoms with Gasteiger partial charge in [0.1, 0.15) is 33.1 Å². The monoisotopic (exact) mass is 718 g/mol. The van der Waals surface area contributed by atoms with Crippen LogP contribution in [0.15, 0.2) is 27.6 Å². The van der Waals surface area contributed by atoms with Gasteiger partial charge in [0.05, 0.1) is 15.9 Å². The van der Waals surface area contributed by atoms with Crippen LogP contribution in [0.3, 0.4) is 0 Å². The molecule has 20 heteroatoms. The normalized spacial score (nSPS) is 16.5. The van der Waals surface area contributed by atoms with Gasteiger partial charge in [-0.15, -0.1) is 11.3 Å². The standard InChI is InChI=1S/C27H26F8N4O6S2/c1-12(27(33,34)35)38-47(43,44)16-5-4-14(17(18(16)28)21(29)30)20-19(23(40)39-8-6-26(31,32)7-9-39)36-22(46-20)15-10-13(45-37-15)11-25(2,3)24(41)42/h4-5,10,12,21,38H,6-9,11H2,1-3H3,(H,41,42)/t12-/m0/s1. The van der Waals surface area contributed by atoms with Gasteiger partial charge >= 0.3 is 12.1 Å². The highest BCUT2D eigenvalue weighted by atomic mass is 32.2. The summed E-state index contributed by atoms with van der Waals surface area (Å²) in [6.45, 7) is 2.33. The van der Waals surface area contributed by atoms with Crippen LogP contribution in [0.25, 0.3) is 21.1 Å². The number of carboxylic acids is 1. The molecule has 1 atom stereocenters. The zero-order valence-corrected chi connectivity index (χ0v) is 26.2. The van der Waals surface area contributed by atoms with Crippen molar-refractivity contribution in [3.63, 3.8) is 0 Å². The van der Waals surface area contributed by atoms with Crippen LogP contribution in [-0.2, 0) is 21.2 Å². The molecule has 0 radical (unpaired) electrons. The Morgan fingerprint density at radius 2 is 1.79 bits per heavy atom. The number of halogens is 8. The Bertz CT molecular complexity index is 1780. The second-order valence-electron chi connectivity index (χ2n) is 11.4. The largest absolute Gasteiger partial charge is 0.481 e. The number of sulfonamides is 1. The number of aromatic nitrogens is 2. The molecule has 3 aromatic rings. The highest BCUT2D eigenvalue weighted by Crippen LogP contribution is 2.43. The summed E-state index contributed by atoms with van der Waals surface area (Å²) in [5.74, 6) is -7.28. The van der Waals surface area contributed by atoms with Gasteiger partial charge in [0.15, 0.2) is 5.82 Å². The second kappa shape index (κ2) is 12.8. The molecule has 0 spiro atoms. The van der Waals surface area contributed by atoms with E-state index in [9.17, 15) is 53.8 Å². The highest BCUT2D eigenvalue weighted by molar-refractivity contribution is 7.89. The Labute approximate surface area is 265 Å². The topological polar surface area (TPSA) is 143 Å². The molecule has 10 nitrogen and oxygen atoms in total. The second-order valence-corrected chi connectivity index (χ2v) is 14.1. The minimum absolute atomic E-state index is 0.0600. The van der Waals surface area contributed by atoms with Gasteiger partial charge in [0.25, 0.3) is 18.3 Å². The fraction of sp³-hybridized carbons (Fsp3) is 0.481. The van der Waals surface area contributed by atoms with Gasteiger partial charge < -0.3 is 14.5 Å². The van der Waals surface area contributed by atoms with Crippen molar-refractivity contribution in [2.75, 3.05) is 13.1 Å². The third-order valence-electron chi connectivity index (χ3n) is 7.30. The third kappa shape index (κ3) is 7.75. The molecular weight excluding hydrogens is 692 g/mol. The SMILES string of the molecule is C[C@H](NS(=O)(=O)c1ccc(-c2sc(-c3cc(CC(C)(C)C(=O)O)on3)nc2C(=O)N2CCC(F)(F)CC2)c(C(F)F)c1F)C(F)(F)F. The third-order valence-corrected chi connectivity index (χ3v) is 9.97. The molecule has 2 N–H and O–H groups in total. The fourth-order valence-corrected chi connectivity index (χ4v) is 6.87. The molecule has 1 aliphatic heterocycles. The summed E-state index contributed by atoms with van der Waals surface area (Å²) in [5.41, 5.74) is -4.33. The van der Waals surface area contributed by atoms with Gasteiger partial charge in [-0.1, -0.05) is 11.2 Å². The number of benzene rings is 1. The number of amides is 1. The predicted molar refractivity (Wildman–Crippen MR) is 149 cm³/mol. The van der Waals surface area contributed by atoms with E-state index in [-0.39, 0.29) is 22.9 Å². The number of piperidine rings is 1. The Morgan fingerprint density at radius 3 is 2.34 bits per heavy atom. The van der Waals surface area contributed by atoms with Crippen molar-refractivity contribution in [1.82, 2.24) is 19.8 Å². The number of hydrogen-bond acceptors (Lipinski definition) is 8. The first kappa shape index (κ1) is 36.2. The minimum Gasteiger partial charge on any atom is -0.481 e. The summed E-state index contributed by atoms with van der Waals surface area (Å²) in [5, 5.41) is 13.0. The van der Waals surface area contributed by atoms with Crippen LogP contribution < -0.4 is 4.72 Å². The van der Waals surface area contributed by atoms with Crippen molar-refractivity contribution in [3.8, 4) is 21.1 Å². The lowest BCUT2D eigenvalue weighted by Gasteiger charge is -2.31. The summed E-state index contributed by atoms with van der Waals surface area (Å²) in [6, 6.07) is -0.334. The van der Waals surface area contributed by atoms with Gasteiger partial charge in [-0.05, 0) is 26.8 Å². The van der Waals surface area contributed by atoms with Gasteiger partial charge in [-0.2, -0.15) is 17.9 Å². The summed E-state index contributed by atoms with van der Waals surface area (Å²) in [4.78, 5) is 28.2. The van der Waals surface area contributed by atoms with E-state index in [1.807, 2.05) is 0 Å². The van der Waals surface area contributed by atoms with Gasteiger partial charge in [0.2, 0.25) is 10.0 Å². The van der Waals surface area contributed by atoms with Gasteiger partial charge in [0, 0.05) is 44.0 Å². The maximum Gasteiger partial charge on any atom is 0.404 e. The summed E-state index contributed by atoms with van der Waals surface area (Å²) < 4.78 is 143. The molecule has 0 unspecified atom stereocenters. The molecule has 1 aliphatic rings. The average Bonchev–Trinajstić information content (AvgIpc) is 3.58. The number of nitrogens with zero attached hydrogens (tertiary/aromatic N) is 3. The molecule has 0 bridgehead atoms. The number of nitrogens with one attached hydrogen (secondary N) is 1.